The van der Waals surface area contributed by atoms with E-state index in [1.54, 1.807) is 0 Å². The summed E-state index contributed by atoms with van der Waals surface area (Å²) in [5.41, 5.74) is 2.76. The number of rotatable bonds is 7. The molecule has 1 aliphatic heterocycles. The lowest BCUT2D eigenvalue weighted by Gasteiger charge is -2.45. The van der Waals surface area contributed by atoms with Crippen LogP contribution in [-0.2, 0) is 22.3 Å². The maximum Gasteiger partial charge on any atom is 0.475 e. The van der Waals surface area contributed by atoms with Crippen molar-refractivity contribution in [1.82, 2.24) is 4.90 Å². The Bertz CT molecular complexity index is 732. The predicted octanol–water partition coefficient (Wildman–Crippen LogP) is 5.39. The van der Waals surface area contributed by atoms with Gasteiger partial charge in [-0.25, -0.2) is 0 Å². The van der Waals surface area contributed by atoms with E-state index in [1.807, 2.05) is 0 Å². The van der Waals surface area contributed by atoms with Gasteiger partial charge in [0, 0.05) is 36.7 Å². The van der Waals surface area contributed by atoms with E-state index >= 15 is 0 Å². The third-order valence-electron chi connectivity index (χ3n) is 5.62. The van der Waals surface area contributed by atoms with E-state index in [-0.39, 0.29) is 24.0 Å². The second-order valence-corrected chi connectivity index (χ2v) is 10.0. The molecule has 29 heavy (non-hydrogen) atoms. The Morgan fingerprint density at radius 1 is 0.897 bits per heavy atom. The highest BCUT2D eigenvalue weighted by atomic mass is 16.6. The minimum absolute atomic E-state index is 0.00309. The fourth-order valence-electron chi connectivity index (χ4n) is 3.96. The zero-order valence-corrected chi connectivity index (χ0v) is 18.7. The Morgan fingerprint density at radius 2 is 1.41 bits per heavy atom. The van der Waals surface area contributed by atoms with Gasteiger partial charge in [0.15, 0.2) is 0 Å². The van der Waals surface area contributed by atoms with Gasteiger partial charge in [-0.1, -0.05) is 74.5 Å². The molecule has 0 N–H and O–H groups in total. The van der Waals surface area contributed by atoms with Crippen molar-refractivity contribution in [3.63, 3.8) is 0 Å². The zero-order chi connectivity index (χ0) is 20.9. The molecule has 0 spiro atoms. The van der Waals surface area contributed by atoms with Crippen LogP contribution >= 0.6 is 0 Å². The molecule has 0 amide bonds. The molecule has 0 radical (unpaired) electrons. The highest BCUT2D eigenvalue weighted by Gasteiger charge is 2.43. The first kappa shape index (κ1) is 22.1. The SMILES string of the molecule is CC1(C)COB(C(CCc2ccccc2)N(Cc2ccccc2)C(C)(C)C)OC1. The minimum atomic E-state index is -0.199. The number of nitrogens with zero attached hydrogens (tertiary/aromatic N) is 1. The van der Waals surface area contributed by atoms with Crippen LogP contribution in [-0.4, -0.2) is 36.7 Å². The summed E-state index contributed by atoms with van der Waals surface area (Å²) in [6.07, 6.45) is 2.01. The topological polar surface area (TPSA) is 21.7 Å². The molecular weight excluding hydrogens is 357 g/mol. The quantitative estimate of drug-likeness (QED) is 0.589. The molecule has 1 heterocycles. The fraction of sp³-hybridized carbons (Fsp3) is 0.520. The van der Waals surface area contributed by atoms with Crippen molar-refractivity contribution in [1.29, 1.82) is 0 Å². The van der Waals surface area contributed by atoms with Gasteiger partial charge in [0.2, 0.25) is 0 Å². The van der Waals surface area contributed by atoms with Crippen molar-refractivity contribution in [3.05, 3.63) is 71.8 Å². The number of aryl methyl sites for hydroxylation is 1. The summed E-state index contributed by atoms with van der Waals surface area (Å²) >= 11 is 0. The Morgan fingerprint density at radius 3 is 1.93 bits per heavy atom. The van der Waals surface area contributed by atoms with Gasteiger partial charge < -0.3 is 9.31 Å². The molecule has 4 heteroatoms. The molecule has 1 unspecified atom stereocenters. The first-order chi connectivity index (χ1) is 13.7. The lowest BCUT2D eigenvalue weighted by Crippen LogP contribution is -2.58. The van der Waals surface area contributed by atoms with Crippen LogP contribution in [0.25, 0.3) is 0 Å². The van der Waals surface area contributed by atoms with Crippen LogP contribution in [0.1, 0.15) is 52.2 Å². The highest BCUT2D eigenvalue weighted by Crippen LogP contribution is 2.30. The summed E-state index contributed by atoms with van der Waals surface area (Å²) in [6.45, 7) is 13.6. The van der Waals surface area contributed by atoms with Crippen molar-refractivity contribution in [2.45, 2.75) is 65.5 Å². The first-order valence-corrected chi connectivity index (χ1v) is 10.8. The summed E-state index contributed by atoms with van der Waals surface area (Å²) in [5.74, 6) is 0.187. The molecule has 3 nitrogen and oxygen atoms in total. The lowest BCUT2D eigenvalue weighted by molar-refractivity contribution is -0.000732. The number of hydrogen-bond donors (Lipinski definition) is 0. The van der Waals surface area contributed by atoms with Crippen LogP contribution < -0.4 is 0 Å². The smallest absolute Gasteiger partial charge is 0.409 e. The van der Waals surface area contributed by atoms with Crippen LogP contribution in [0.2, 0.25) is 0 Å². The van der Waals surface area contributed by atoms with E-state index in [1.165, 1.54) is 11.1 Å². The molecule has 1 fully saturated rings. The van der Waals surface area contributed by atoms with Crippen molar-refractivity contribution in [2.24, 2.45) is 5.41 Å². The molecule has 0 bridgehead atoms. The van der Waals surface area contributed by atoms with E-state index in [9.17, 15) is 0 Å². The summed E-state index contributed by atoms with van der Waals surface area (Å²) < 4.78 is 12.6. The summed E-state index contributed by atoms with van der Waals surface area (Å²) in [5, 5.41) is 0. The van der Waals surface area contributed by atoms with Crippen molar-refractivity contribution in [3.8, 4) is 0 Å². The van der Waals surface area contributed by atoms with Gasteiger partial charge in [-0.3, -0.25) is 4.90 Å². The third-order valence-corrected chi connectivity index (χ3v) is 5.62. The van der Waals surface area contributed by atoms with Gasteiger partial charge in [0.25, 0.3) is 0 Å². The second-order valence-electron chi connectivity index (χ2n) is 10.0. The first-order valence-electron chi connectivity index (χ1n) is 10.8. The summed E-state index contributed by atoms with van der Waals surface area (Å²) in [7, 11) is -0.199. The number of hydrogen-bond acceptors (Lipinski definition) is 3. The van der Waals surface area contributed by atoms with E-state index in [0.717, 1.165) is 32.6 Å². The molecule has 0 aliphatic carbocycles. The maximum absolute atomic E-state index is 6.29. The van der Waals surface area contributed by atoms with Gasteiger partial charge in [0.05, 0.1) is 0 Å². The van der Waals surface area contributed by atoms with Crippen LogP contribution in [0.3, 0.4) is 0 Å². The van der Waals surface area contributed by atoms with Crippen molar-refractivity contribution >= 4 is 7.12 Å². The van der Waals surface area contributed by atoms with E-state index in [0.29, 0.717) is 0 Å². The van der Waals surface area contributed by atoms with E-state index < -0.39 is 0 Å². The molecule has 2 aromatic rings. The summed E-state index contributed by atoms with van der Waals surface area (Å²) in [4.78, 5) is 2.56. The second kappa shape index (κ2) is 9.46. The Hall–Kier alpha value is -1.62. The molecule has 0 aromatic heterocycles. The van der Waals surface area contributed by atoms with E-state index in [4.69, 9.17) is 9.31 Å². The molecule has 2 aromatic carbocycles. The standard InChI is InChI=1S/C25H36BNO2/c1-24(2,3)27(18-22-14-10-7-11-15-22)23(17-16-21-12-8-6-9-13-21)26-28-19-25(4,5)20-29-26/h6-15,23H,16-20H2,1-5H3. The molecule has 1 atom stereocenters. The van der Waals surface area contributed by atoms with Crippen molar-refractivity contribution in [2.75, 3.05) is 13.2 Å². The summed E-state index contributed by atoms with van der Waals surface area (Å²) in [6, 6.07) is 21.5. The Labute approximate surface area is 177 Å². The molecule has 1 aliphatic rings. The van der Waals surface area contributed by atoms with E-state index in [2.05, 4.69) is 100 Å². The average molecular weight is 393 g/mol. The minimum Gasteiger partial charge on any atom is -0.409 e. The fourth-order valence-corrected chi connectivity index (χ4v) is 3.96. The number of benzene rings is 2. The van der Waals surface area contributed by atoms with Crippen LogP contribution in [0.4, 0.5) is 0 Å². The monoisotopic (exact) mass is 393 g/mol. The molecule has 3 rings (SSSR count). The molecule has 1 saturated heterocycles. The maximum atomic E-state index is 6.29. The van der Waals surface area contributed by atoms with Crippen LogP contribution in [0.15, 0.2) is 60.7 Å². The van der Waals surface area contributed by atoms with Crippen LogP contribution in [0.5, 0.6) is 0 Å². The predicted molar refractivity (Wildman–Crippen MR) is 122 cm³/mol. The lowest BCUT2D eigenvalue weighted by atomic mass is 9.70. The average Bonchev–Trinajstić information content (AvgIpc) is 2.69. The molecule has 156 valence electrons. The van der Waals surface area contributed by atoms with Gasteiger partial charge in [-0.15, -0.1) is 0 Å². The van der Waals surface area contributed by atoms with Gasteiger partial charge in [-0.2, -0.15) is 0 Å². The van der Waals surface area contributed by atoms with Gasteiger partial charge in [0.1, 0.15) is 0 Å². The Kier molecular flexibility index (Phi) is 7.21. The van der Waals surface area contributed by atoms with Gasteiger partial charge in [-0.05, 0) is 44.7 Å². The Balaban J connectivity index is 1.83. The van der Waals surface area contributed by atoms with Crippen molar-refractivity contribution < 1.29 is 9.31 Å². The highest BCUT2D eigenvalue weighted by molar-refractivity contribution is 6.46. The van der Waals surface area contributed by atoms with Crippen LogP contribution in [0, 0.1) is 5.41 Å². The largest absolute Gasteiger partial charge is 0.475 e. The molecule has 0 saturated carbocycles. The molecular formula is C25H36BNO2. The normalized spacial score (nSPS) is 18.1. The van der Waals surface area contributed by atoms with Gasteiger partial charge >= 0.3 is 7.12 Å². The zero-order valence-electron chi connectivity index (χ0n) is 18.7. The third kappa shape index (κ3) is 6.43.